The highest BCUT2D eigenvalue weighted by molar-refractivity contribution is 6.01. The van der Waals surface area contributed by atoms with E-state index in [1.54, 1.807) is 7.11 Å². The van der Waals surface area contributed by atoms with E-state index in [-0.39, 0.29) is 5.92 Å². The minimum atomic E-state index is -1.15. The molecule has 1 aromatic rings. The molecule has 0 spiro atoms. The molecule has 19 heavy (non-hydrogen) atoms. The maximum Gasteiger partial charge on any atom is 0.312 e. The highest BCUT2D eigenvalue weighted by Gasteiger charge is 2.14. The van der Waals surface area contributed by atoms with Crippen molar-refractivity contribution in [3.05, 3.63) is 23.3 Å². The summed E-state index contributed by atoms with van der Waals surface area (Å²) in [6.07, 6.45) is -0.539. The van der Waals surface area contributed by atoms with E-state index >= 15 is 0 Å². The number of anilines is 1. The molecule has 5 nitrogen and oxygen atoms in total. The Labute approximate surface area is 112 Å². The van der Waals surface area contributed by atoms with Gasteiger partial charge in [-0.3, -0.25) is 9.59 Å². The van der Waals surface area contributed by atoms with Crippen LogP contribution in [0, 0.1) is 6.92 Å². The van der Waals surface area contributed by atoms with Gasteiger partial charge in [0.2, 0.25) is 5.91 Å². The van der Waals surface area contributed by atoms with Crippen molar-refractivity contribution in [3.8, 4) is 5.75 Å². The lowest BCUT2D eigenvalue weighted by Crippen LogP contribution is -2.17. The second-order valence-corrected chi connectivity index (χ2v) is 4.68. The average Bonchev–Trinajstić information content (AvgIpc) is 2.29. The summed E-state index contributed by atoms with van der Waals surface area (Å²) in [6, 6.07) is 3.67. The lowest BCUT2D eigenvalue weighted by molar-refractivity contribution is -0.139. The number of carbonyl (C=O) groups excluding carboxylic acids is 1. The quantitative estimate of drug-likeness (QED) is 0.802. The number of ether oxygens (including phenoxy) is 1. The van der Waals surface area contributed by atoms with Crippen LogP contribution in [0.4, 0.5) is 5.69 Å². The molecule has 0 atom stereocenters. The van der Waals surface area contributed by atoms with Crippen LogP contribution in [0.5, 0.6) is 5.75 Å². The second kappa shape index (κ2) is 6.22. The van der Waals surface area contributed by atoms with Gasteiger partial charge in [0.1, 0.15) is 12.2 Å². The highest BCUT2D eigenvalue weighted by atomic mass is 16.5. The molecule has 1 rings (SSSR count). The van der Waals surface area contributed by atoms with Crippen LogP contribution in [-0.4, -0.2) is 24.1 Å². The predicted molar refractivity (Wildman–Crippen MR) is 72.7 cm³/mol. The summed E-state index contributed by atoms with van der Waals surface area (Å²) < 4.78 is 5.31. The summed E-state index contributed by atoms with van der Waals surface area (Å²) in [4.78, 5) is 22.0. The Bertz CT molecular complexity index is 494. The van der Waals surface area contributed by atoms with Crippen molar-refractivity contribution in [2.75, 3.05) is 12.4 Å². The van der Waals surface area contributed by atoms with Gasteiger partial charge in [0, 0.05) is 5.69 Å². The van der Waals surface area contributed by atoms with Gasteiger partial charge < -0.3 is 15.2 Å². The van der Waals surface area contributed by atoms with E-state index in [9.17, 15) is 9.59 Å². The van der Waals surface area contributed by atoms with Crippen LogP contribution in [0.25, 0.3) is 0 Å². The largest absolute Gasteiger partial charge is 0.496 e. The van der Waals surface area contributed by atoms with Crippen LogP contribution < -0.4 is 10.1 Å². The van der Waals surface area contributed by atoms with Crippen LogP contribution in [0.2, 0.25) is 0 Å². The first-order valence-electron chi connectivity index (χ1n) is 6.05. The molecule has 0 aromatic heterocycles. The molecule has 0 aliphatic heterocycles. The zero-order chi connectivity index (χ0) is 14.6. The number of hydrogen-bond acceptors (Lipinski definition) is 3. The molecule has 104 valence electrons. The Morgan fingerprint density at radius 1 is 1.37 bits per heavy atom. The molecule has 1 aromatic carbocycles. The van der Waals surface area contributed by atoms with Gasteiger partial charge in [-0.05, 0) is 36.1 Å². The second-order valence-electron chi connectivity index (χ2n) is 4.68. The van der Waals surface area contributed by atoms with Crippen molar-refractivity contribution in [3.63, 3.8) is 0 Å². The topological polar surface area (TPSA) is 75.6 Å². The van der Waals surface area contributed by atoms with Gasteiger partial charge in [-0.1, -0.05) is 13.8 Å². The van der Waals surface area contributed by atoms with Gasteiger partial charge >= 0.3 is 5.97 Å². The molecular weight excluding hydrogens is 246 g/mol. The fourth-order valence-electron chi connectivity index (χ4n) is 1.79. The molecule has 0 aliphatic rings. The molecule has 0 bridgehead atoms. The van der Waals surface area contributed by atoms with Crippen molar-refractivity contribution < 1.29 is 19.4 Å². The summed E-state index contributed by atoms with van der Waals surface area (Å²) in [5.74, 6) is -0.669. The van der Waals surface area contributed by atoms with Crippen molar-refractivity contribution in [2.24, 2.45) is 0 Å². The number of carboxylic acids is 1. The zero-order valence-corrected chi connectivity index (χ0v) is 11.6. The van der Waals surface area contributed by atoms with Crippen molar-refractivity contribution in [1.82, 2.24) is 0 Å². The molecule has 0 unspecified atom stereocenters. The van der Waals surface area contributed by atoms with Gasteiger partial charge in [0.25, 0.3) is 0 Å². The summed E-state index contributed by atoms with van der Waals surface area (Å²) in [6.45, 7) is 5.88. The van der Waals surface area contributed by atoms with E-state index in [0.29, 0.717) is 5.69 Å². The first kappa shape index (κ1) is 15.0. The smallest absolute Gasteiger partial charge is 0.312 e. The number of nitrogens with one attached hydrogen (secondary N) is 1. The number of rotatable bonds is 5. The Hall–Kier alpha value is -2.04. The van der Waals surface area contributed by atoms with Gasteiger partial charge in [0.05, 0.1) is 7.11 Å². The van der Waals surface area contributed by atoms with E-state index in [1.165, 1.54) is 0 Å². The maximum atomic E-state index is 11.5. The highest BCUT2D eigenvalue weighted by Crippen LogP contribution is 2.31. The van der Waals surface area contributed by atoms with E-state index in [0.717, 1.165) is 16.9 Å². The molecule has 0 radical (unpaired) electrons. The third kappa shape index (κ3) is 3.98. The minimum Gasteiger partial charge on any atom is -0.496 e. The number of carboxylic acid groups (broad SMARTS) is 1. The van der Waals surface area contributed by atoms with Gasteiger partial charge in [-0.15, -0.1) is 0 Å². The average molecular weight is 265 g/mol. The molecule has 0 fully saturated rings. The lowest BCUT2D eigenvalue weighted by Gasteiger charge is -2.16. The number of amides is 1. The summed E-state index contributed by atoms with van der Waals surface area (Å²) in [7, 11) is 1.60. The standard InChI is InChI=1S/C14H19NO4/c1-8(2)10-6-11(9(3)5-12(10)19-4)15-13(16)7-14(17)18/h5-6,8H,7H2,1-4H3,(H,15,16)(H,17,18). The molecule has 0 saturated carbocycles. The predicted octanol–water partition coefficient (Wildman–Crippen LogP) is 2.54. The molecule has 2 N–H and O–H groups in total. The number of benzene rings is 1. The molecule has 5 heteroatoms. The fraction of sp³-hybridized carbons (Fsp3) is 0.429. The Balaban J connectivity index is 3.04. The molecular formula is C14H19NO4. The van der Waals surface area contributed by atoms with Gasteiger partial charge in [-0.25, -0.2) is 0 Å². The van der Waals surface area contributed by atoms with E-state index in [1.807, 2.05) is 32.9 Å². The third-order valence-corrected chi connectivity index (χ3v) is 2.78. The molecule has 0 heterocycles. The number of aliphatic carboxylic acids is 1. The van der Waals surface area contributed by atoms with Crippen molar-refractivity contribution >= 4 is 17.6 Å². The molecule has 0 saturated heterocycles. The third-order valence-electron chi connectivity index (χ3n) is 2.78. The maximum absolute atomic E-state index is 11.5. The van der Waals surface area contributed by atoms with E-state index in [2.05, 4.69) is 5.32 Å². The van der Waals surface area contributed by atoms with Gasteiger partial charge in [0.15, 0.2) is 0 Å². The lowest BCUT2D eigenvalue weighted by atomic mass is 9.99. The number of aryl methyl sites for hydroxylation is 1. The fourth-order valence-corrected chi connectivity index (χ4v) is 1.79. The Morgan fingerprint density at radius 2 is 2.00 bits per heavy atom. The molecule has 1 amide bonds. The summed E-state index contributed by atoms with van der Waals surface area (Å²) in [5, 5.41) is 11.2. The molecule has 0 aliphatic carbocycles. The summed E-state index contributed by atoms with van der Waals surface area (Å²) >= 11 is 0. The van der Waals surface area contributed by atoms with Crippen molar-refractivity contribution in [1.29, 1.82) is 0 Å². The van der Waals surface area contributed by atoms with Gasteiger partial charge in [-0.2, -0.15) is 0 Å². The summed E-state index contributed by atoms with van der Waals surface area (Å²) in [5.41, 5.74) is 2.43. The Morgan fingerprint density at radius 3 is 2.47 bits per heavy atom. The zero-order valence-electron chi connectivity index (χ0n) is 11.6. The van der Waals surface area contributed by atoms with Crippen LogP contribution in [-0.2, 0) is 9.59 Å². The number of carbonyl (C=O) groups is 2. The first-order chi connectivity index (χ1) is 8.85. The van der Waals surface area contributed by atoms with Crippen molar-refractivity contribution in [2.45, 2.75) is 33.1 Å². The number of hydrogen-bond donors (Lipinski definition) is 2. The number of methoxy groups -OCH3 is 1. The Kier molecular flexibility index (Phi) is 4.92. The van der Waals surface area contributed by atoms with Crippen LogP contribution in [0.15, 0.2) is 12.1 Å². The van der Waals surface area contributed by atoms with E-state index in [4.69, 9.17) is 9.84 Å². The van der Waals surface area contributed by atoms with Crippen LogP contribution >= 0.6 is 0 Å². The van der Waals surface area contributed by atoms with Crippen LogP contribution in [0.3, 0.4) is 0 Å². The SMILES string of the molecule is COc1cc(C)c(NC(=O)CC(=O)O)cc1C(C)C. The minimum absolute atomic E-state index is 0.241. The first-order valence-corrected chi connectivity index (χ1v) is 6.05. The van der Waals surface area contributed by atoms with Crippen LogP contribution in [0.1, 0.15) is 37.3 Å². The monoisotopic (exact) mass is 265 g/mol. The van der Waals surface area contributed by atoms with E-state index < -0.39 is 18.3 Å². The normalized spacial score (nSPS) is 10.4.